The van der Waals surface area contributed by atoms with Crippen molar-refractivity contribution in [3.8, 4) is 0 Å². The highest BCUT2D eigenvalue weighted by atomic mass is 14.8. The van der Waals surface area contributed by atoms with Crippen LogP contribution in [0.4, 0.5) is 0 Å². The molecular weight excluding hydrogens is 218 g/mol. The van der Waals surface area contributed by atoms with Gasteiger partial charge >= 0.3 is 0 Å². The van der Waals surface area contributed by atoms with Crippen molar-refractivity contribution in [3.63, 3.8) is 0 Å². The van der Waals surface area contributed by atoms with Crippen LogP contribution in [0.2, 0.25) is 0 Å². The molecule has 2 aromatic rings. The van der Waals surface area contributed by atoms with Crippen molar-refractivity contribution in [2.45, 2.75) is 26.8 Å². The molecule has 1 nitrogen and oxygen atoms in total. The summed E-state index contributed by atoms with van der Waals surface area (Å²) in [6.07, 6.45) is 0. The maximum atomic E-state index is 4.76. The van der Waals surface area contributed by atoms with Gasteiger partial charge in [0.15, 0.2) is 0 Å². The first-order valence-corrected chi connectivity index (χ1v) is 6.33. The molecule has 0 amide bonds. The fraction of sp³-hybridized carbons (Fsp3) is 0.235. The monoisotopic (exact) mass is 237 g/mol. The van der Waals surface area contributed by atoms with E-state index in [-0.39, 0.29) is 6.04 Å². The largest absolute Gasteiger partial charge is 0.282 e. The van der Waals surface area contributed by atoms with Gasteiger partial charge in [-0.05, 0) is 31.9 Å². The SMILES string of the molecule is CC(=N[C@H](C)c1ccccc1)c1ccc(C)cc1. The van der Waals surface area contributed by atoms with Gasteiger partial charge in [0.05, 0.1) is 6.04 Å². The fourth-order valence-electron chi connectivity index (χ4n) is 1.97. The van der Waals surface area contributed by atoms with Crippen molar-refractivity contribution in [2.75, 3.05) is 0 Å². The van der Waals surface area contributed by atoms with Gasteiger partial charge in [-0.25, -0.2) is 0 Å². The first-order valence-electron chi connectivity index (χ1n) is 6.33. The Kier molecular flexibility index (Phi) is 3.93. The number of aryl methyl sites for hydroxylation is 1. The van der Waals surface area contributed by atoms with Crippen LogP contribution in [-0.2, 0) is 0 Å². The van der Waals surface area contributed by atoms with Crippen molar-refractivity contribution in [3.05, 3.63) is 71.3 Å². The molecule has 2 aromatic carbocycles. The molecule has 0 N–H and O–H groups in total. The standard InChI is InChI=1S/C17H19N/c1-13-9-11-17(12-10-13)15(3)18-14(2)16-7-5-4-6-8-16/h4-12,14H,1-3H3/t14-/m1/s1. The van der Waals surface area contributed by atoms with E-state index in [4.69, 9.17) is 4.99 Å². The second kappa shape index (κ2) is 5.63. The molecule has 18 heavy (non-hydrogen) atoms. The van der Waals surface area contributed by atoms with E-state index < -0.39 is 0 Å². The maximum absolute atomic E-state index is 4.76. The number of hydrogen-bond donors (Lipinski definition) is 0. The van der Waals surface area contributed by atoms with Crippen LogP contribution < -0.4 is 0 Å². The third-order valence-corrected chi connectivity index (χ3v) is 3.14. The van der Waals surface area contributed by atoms with Gasteiger partial charge in [0.2, 0.25) is 0 Å². The van der Waals surface area contributed by atoms with Crippen LogP contribution in [0.25, 0.3) is 0 Å². The quantitative estimate of drug-likeness (QED) is 0.694. The minimum Gasteiger partial charge on any atom is -0.282 e. The van der Waals surface area contributed by atoms with Gasteiger partial charge in [-0.2, -0.15) is 0 Å². The van der Waals surface area contributed by atoms with Crippen molar-refractivity contribution in [1.29, 1.82) is 0 Å². The summed E-state index contributed by atoms with van der Waals surface area (Å²) in [5, 5.41) is 0. The molecule has 0 aliphatic carbocycles. The summed E-state index contributed by atoms with van der Waals surface area (Å²) >= 11 is 0. The van der Waals surface area contributed by atoms with Crippen molar-refractivity contribution >= 4 is 5.71 Å². The van der Waals surface area contributed by atoms with Crippen molar-refractivity contribution in [2.24, 2.45) is 4.99 Å². The number of rotatable bonds is 3. The molecule has 1 heteroatoms. The fourth-order valence-corrected chi connectivity index (χ4v) is 1.97. The molecule has 92 valence electrons. The average Bonchev–Trinajstić information content (AvgIpc) is 2.40. The lowest BCUT2D eigenvalue weighted by Gasteiger charge is -2.09. The summed E-state index contributed by atoms with van der Waals surface area (Å²) in [6, 6.07) is 19.1. The first kappa shape index (κ1) is 12.6. The molecular formula is C17H19N. The summed E-state index contributed by atoms with van der Waals surface area (Å²) in [7, 11) is 0. The van der Waals surface area contributed by atoms with E-state index >= 15 is 0 Å². The first-order chi connectivity index (χ1) is 8.66. The Balaban J connectivity index is 2.20. The van der Waals surface area contributed by atoms with Gasteiger partial charge in [-0.1, -0.05) is 60.2 Å². The zero-order valence-corrected chi connectivity index (χ0v) is 11.2. The molecule has 0 unspecified atom stereocenters. The van der Waals surface area contributed by atoms with Crippen LogP contribution in [-0.4, -0.2) is 5.71 Å². The molecule has 2 rings (SSSR count). The van der Waals surface area contributed by atoms with Gasteiger partial charge in [-0.15, -0.1) is 0 Å². The molecule has 0 heterocycles. The predicted molar refractivity (Wildman–Crippen MR) is 78.2 cm³/mol. The molecule has 0 aromatic heterocycles. The summed E-state index contributed by atoms with van der Waals surface area (Å²) in [4.78, 5) is 4.76. The molecule has 0 aliphatic heterocycles. The second-order valence-electron chi connectivity index (χ2n) is 4.67. The molecule has 0 bridgehead atoms. The lowest BCUT2D eigenvalue weighted by Crippen LogP contribution is -1.99. The Bertz CT molecular complexity index is 523. The van der Waals surface area contributed by atoms with Crippen LogP contribution in [0.5, 0.6) is 0 Å². The number of benzene rings is 2. The highest BCUT2D eigenvalue weighted by Gasteiger charge is 2.04. The van der Waals surface area contributed by atoms with Crippen LogP contribution in [0.15, 0.2) is 59.6 Å². The van der Waals surface area contributed by atoms with Gasteiger partial charge in [0, 0.05) is 5.71 Å². The van der Waals surface area contributed by atoms with Crippen LogP contribution in [0.3, 0.4) is 0 Å². The normalized spacial score (nSPS) is 13.4. The van der Waals surface area contributed by atoms with Gasteiger partial charge < -0.3 is 0 Å². The van der Waals surface area contributed by atoms with Crippen molar-refractivity contribution < 1.29 is 0 Å². The van der Waals surface area contributed by atoms with Crippen LogP contribution >= 0.6 is 0 Å². The molecule has 0 saturated heterocycles. The van der Waals surface area contributed by atoms with Gasteiger partial charge in [0.25, 0.3) is 0 Å². The maximum Gasteiger partial charge on any atom is 0.0724 e. The summed E-state index contributed by atoms with van der Waals surface area (Å²) in [5.41, 5.74) is 4.82. The van der Waals surface area contributed by atoms with Crippen molar-refractivity contribution in [1.82, 2.24) is 0 Å². The molecule has 0 spiro atoms. The van der Waals surface area contributed by atoms with E-state index in [0.717, 1.165) is 5.71 Å². The third-order valence-electron chi connectivity index (χ3n) is 3.14. The Morgan fingerprint density at radius 3 is 2.17 bits per heavy atom. The van der Waals surface area contributed by atoms with Crippen LogP contribution in [0, 0.1) is 6.92 Å². The minimum absolute atomic E-state index is 0.201. The Labute approximate surface area is 109 Å². The van der Waals surface area contributed by atoms with E-state index in [1.807, 2.05) is 6.07 Å². The lowest BCUT2D eigenvalue weighted by molar-refractivity contribution is 0.819. The predicted octanol–water partition coefficient (Wildman–Crippen LogP) is 4.57. The molecule has 0 fully saturated rings. The van der Waals surface area contributed by atoms with E-state index in [2.05, 4.69) is 69.3 Å². The van der Waals surface area contributed by atoms with E-state index in [1.165, 1.54) is 16.7 Å². The number of aliphatic imine (C=N–C) groups is 1. The zero-order chi connectivity index (χ0) is 13.0. The van der Waals surface area contributed by atoms with Gasteiger partial charge in [-0.3, -0.25) is 4.99 Å². The Hall–Kier alpha value is -1.89. The average molecular weight is 237 g/mol. The number of nitrogens with zero attached hydrogens (tertiary/aromatic N) is 1. The summed E-state index contributed by atoms with van der Waals surface area (Å²) in [6.45, 7) is 6.31. The van der Waals surface area contributed by atoms with Gasteiger partial charge in [0.1, 0.15) is 0 Å². The van der Waals surface area contributed by atoms with E-state index in [9.17, 15) is 0 Å². The molecule has 1 atom stereocenters. The highest BCUT2D eigenvalue weighted by Crippen LogP contribution is 2.17. The topological polar surface area (TPSA) is 12.4 Å². The van der Waals surface area contributed by atoms with Crippen LogP contribution in [0.1, 0.15) is 36.6 Å². The lowest BCUT2D eigenvalue weighted by atomic mass is 10.1. The third kappa shape index (κ3) is 3.07. The Morgan fingerprint density at radius 2 is 1.56 bits per heavy atom. The summed E-state index contributed by atoms with van der Waals surface area (Å²) < 4.78 is 0. The molecule has 0 aliphatic rings. The molecule has 0 saturated carbocycles. The Morgan fingerprint density at radius 1 is 0.944 bits per heavy atom. The summed E-state index contributed by atoms with van der Waals surface area (Å²) in [5.74, 6) is 0. The highest BCUT2D eigenvalue weighted by molar-refractivity contribution is 5.98. The minimum atomic E-state index is 0.201. The number of hydrogen-bond acceptors (Lipinski definition) is 1. The molecule has 0 radical (unpaired) electrons. The second-order valence-corrected chi connectivity index (χ2v) is 4.67. The van der Waals surface area contributed by atoms with E-state index in [1.54, 1.807) is 0 Å². The smallest absolute Gasteiger partial charge is 0.0724 e. The zero-order valence-electron chi connectivity index (χ0n) is 11.2. The van der Waals surface area contributed by atoms with E-state index in [0.29, 0.717) is 0 Å².